The van der Waals surface area contributed by atoms with Gasteiger partial charge in [-0.15, -0.1) is 5.10 Å². The summed E-state index contributed by atoms with van der Waals surface area (Å²) >= 11 is 6.11. The number of halogens is 5. The summed E-state index contributed by atoms with van der Waals surface area (Å²) in [7, 11) is 1.51. The number of aromatic nitrogens is 8. The molecule has 0 spiro atoms. The van der Waals surface area contributed by atoms with Crippen molar-refractivity contribution in [2.24, 2.45) is 0 Å². The van der Waals surface area contributed by atoms with Crippen LogP contribution in [0.1, 0.15) is 48.1 Å². The summed E-state index contributed by atoms with van der Waals surface area (Å²) in [4.78, 5) is 26.6. The first kappa shape index (κ1) is 29.6. The Hall–Kier alpha value is -5.05. The van der Waals surface area contributed by atoms with Gasteiger partial charge in [0.25, 0.3) is 0 Å². The number of carbonyl (C=O) groups excluding carboxylic acids is 1. The standard InChI is InChI=1S/C30H24ClF4N9O2/c1-46-19-5-2-16(3-6-19)13-42-14-22(39-29(42)30(33,34)35)21-12-36-28(38-21)24-8-4-18-10-17(11-25(45)44(18)24)26-23(43-15-37-40-41-43)9-7-20(31)27(26)32/h2-3,5-7,9,11-12,14-15,18,24H,4,8,10,13H2,1H3,(H,36,38)/t18-,24+/m1/s1. The van der Waals surface area contributed by atoms with Crippen molar-refractivity contribution in [3.63, 3.8) is 0 Å². The van der Waals surface area contributed by atoms with Crippen LogP contribution in [0.2, 0.25) is 5.02 Å². The van der Waals surface area contributed by atoms with E-state index in [1.165, 1.54) is 42.7 Å². The molecule has 1 N–H and O–H groups in total. The molecule has 1 amide bonds. The third-order valence-corrected chi connectivity index (χ3v) is 8.52. The van der Waals surface area contributed by atoms with E-state index in [0.29, 0.717) is 47.7 Å². The molecule has 236 valence electrons. The molecule has 11 nitrogen and oxygen atoms in total. The van der Waals surface area contributed by atoms with Gasteiger partial charge in [-0.05, 0) is 65.1 Å². The van der Waals surface area contributed by atoms with Gasteiger partial charge in [-0.1, -0.05) is 23.7 Å². The summed E-state index contributed by atoms with van der Waals surface area (Å²) in [6.45, 7) is -0.0591. The van der Waals surface area contributed by atoms with E-state index in [9.17, 15) is 18.0 Å². The van der Waals surface area contributed by atoms with E-state index in [4.69, 9.17) is 16.3 Å². The summed E-state index contributed by atoms with van der Waals surface area (Å²) < 4.78 is 64.8. The number of aromatic amines is 1. The Kier molecular flexibility index (Phi) is 7.34. The van der Waals surface area contributed by atoms with Gasteiger partial charge in [0.2, 0.25) is 11.7 Å². The Morgan fingerprint density at radius 2 is 1.93 bits per heavy atom. The van der Waals surface area contributed by atoms with Crippen molar-refractivity contribution in [1.82, 2.24) is 44.6 Å². The van der Waals surface area contributed by atoms with Crippen molar-refractivity contribution in [2.45, 2.75) is 44.1 Å². The zero-order valence-electron chi connectivity index (χ0n) is 24.0. The lowest BCUT2D eigenvalue weighted by Crippen LogP contribution is -2.39. The highest BCUT2D eigenvalue weighted by molar-refractivity contribution is 6.31. The largest absolute Gasteiger partial charge is 0.497 e. The van der Waals surface area contributed by atoms with E-state index in [-0.39, 0.29) is 40.5 Å². The molecule has 2 aliphatic rings. The summed E-state index contributed by atoms with van der Waals surface area (Å²) in [6.07, 6.45) is 2.23. The number of H-pyrrole nitrogens is 1. The highest BCUT2D eigenvalue weighted by atomic mass is 35.5. The number of nitrogens with zero attached hydrogens (tertiary/aromatic N) is 8. The Bertz CT molecular complexity index is 1950. The van der Waals surface area contributed by atoms with Gasteiger partial charge in [-0.25, -0.2) is 14.4 Å². The molecule has 2 aliphatic heterocycles. The zero-order valence-corrected chi connectivity index (χ0v) is 24.8. The molecule has 0 aliphatic carbocycles. The van der Waals surface area contributed by atoms with E-state index in [1.807, 2.05) is 0 Å². The fourth-order valence-corrected chi connectivity index (χ4v) is 6.32. The second-order valence-corrected chi connectivity index (χ2v) is 11.4. The number of carbonyl (C=O) groups is 1. The van der Waals surface area contributed by atoms with Gasteiger partial charge in [0, 0.05) is 30.4 Å². The number of methoxy groups -OCH3 is 1. The number of rotatable bonds is 7. The van der Waals surface area contributed by atoms with Crippen molar-refractivity contribution in [2.75, 3.05) is 7.11 Å². The highest BCUT2D eigenvalue weighted by Crippen LogP contribution is 2.44. The van der Waals surface area contributed by atoms with Gasteiger partial charge in [0.15, 0.2) is 5.82 Å². The van der Waals surface area contributed by atoms with Crippen LogP contribution in [-0.4, -0.2) is 63.7 Å². The van der Waals surface area contributed by atoms with E-state index in [2.05, 4.69) is 30.5 Å². The Morgan fingerprint density at radius 3 is 2.65 bits per heavy atom. The van der Waals surface area contributed by atoms with Gasteiger partial charge >= 0.3 is 6.18 Å². The van der Waals surface area contributed by atoms with Crippen LogP contribution in [0.25, 0.3) is 22.6 Å². The highest BCUT2D eigenvalue weighted by Gasteiger charge is 2.42. The molecule has 3 aromatic heterocycles. The first-order valence-electron chi connectivity index (χ1n) is 14.2. The predicted octanol–water partition coefficient (Wildman–Crippen LogP) is 5.64. The summed E-state index contributed by atoms with van der Waals surface area (Å²) in [5.74, 6) is -1.07. The lowest BCUT2D eigenvalue weighted by molar-refractivity contribution is -0.147. The van der Waals surface area contributed by atoms with Gasteiger partial charge in [0.1, 0.15) is 23.6 Å². The molecular weight excluding hydrogens is 630 g/mol. The van der Waals surface area contributed by atoms with Crippen LogP contribution in [0, 0.1) is 5.82 Å². The zero-order chi connectivity index (χ0) is 32.2. The van der Waals surface area contributed by atoms with E-state index in [1.54, 1.807) is 35.2 Å². The number of benzene rings is 2. The summed E-state index contributed by atoms with van der Waals surface area (Å²) in [5, 5.41) is 11.0. The van der Waals surface area contributed by atoms with E-state index < -0.39 is 23.9 Å². The molecule has 0 saturated carbocycles. The molecular formula is C30H24ClF4N9O2. The smallest absolute Gasteiger partial charge is 0.449 e. The maximum atomic E-state index is 15.4. The van der Waals surface area contributed by atoms with Crippen molar-refractivity contribution in [1.29, 1.82) is 0 Å². The van der Waals surface area contributed by atoms with Crippen LogP contribution in [0.4, 0.5) is 17.6 Å². The minimum Gasteiger partial charge on any atom is -0.497 e. The molecule has 46 heavy (non-hydrogen) atoms. The van der Waals surface area contributed by atoms with Gasteiger partial charge in [-0.2, -0.15) is 17.9 Å². The third-order valence-electron chi connectivity index (χ3n) is 8.23. The molecule has 0 radical (unpaired) electrons. The van der Waals surface area contributed by atoms with Crippen molar-refractivity contribution < 1.29 is 27.1 Å². The number of alkyl halides is 3. The van der Waals surface area contributed by atoms with Crippen LogP contribution in [0.3, 0.4) is 0 Å². The minimum absolute atomic E-state index is 0.0591. The number of hydrogen-bond donors (Lipinski definition) is 1. The van der Waals surface area contributed by atoms with E-state index in [0.717, 1.165) is 4.57 Å². The lowest BCUT2D eigenvalue weighted by atomic mass is 9.92. The molecule has 0 unspecified atom stereocenters. The van der Waals surface area contributed by atoms with Gasteiger partial charge < -0.3 is 19.2 Å². The quantitative estimate of drug-likeness (QED) is 0.226. The molecule has 7 rings (SSSR count). The molecule has 2 aromatic carbocycles. The topological polar surface area (TPSA) is 120 Å². The average molecular weight is 654 g/mol. The fraction of sp³-hybridized carbons (Fsp3) is 0.267. The number of hydrogen-bond acceptors (Lipinski definition) is 7. The Balaban J connectivity index is 1.16. The van der Waals surface area contributed by atoms with Gasteiger partial charge in [-0.3, -0.25) is 4.79 Å². The Labute approximate surface area is 263 Å². The summed E-state index contributed by atoms with van der Waals surface area (Å²) in [5.41, 5.74) is 1.92. The molecule has 2 atom stereocenters. The lowest BCUT2D eigenvalue weighted by Gasteiger charge is -2.33. The fourth-order valence-electron chi connectivity index (χ4n) is 6.16. The first-order valence-corrected chi connectivity index (χ1v) is 14.6. The number of amides is 1. The second kappa shape index (κ2) is 11.4. The predicted molar refractivity (Wildman–Crippen MR) is 156 cm³/mol. The summed E-state index contributed by atoms with van der Waals surface area (Å²) in [6, 6.07) is 8.97. The maximum Gasteiger partial charge on any atom is 0.449 e. The number of ether oxygens (including phenoxy) is 1. The molecule has 1 saturated heterocycles. The molecule has 0 bridgehead atoms. The molecule has 1 fully saturated rings. The monoisotopic (exact) mass is 653 g/mol. The normalized spacial score (nSPS) is 18.2. The first-order chi connectivity index (χ1) is 22.1. The van der Waals surface area contributed by atoms with E-state index >= 15 is 4.39 Å². The Morgan fingerprint density at radius 1 is 1.13 bits per heavy atom. The van der Waals surface area contributed by atoms with Crippen LogP contribution in [0.5, 0.6) is 5.75 Å². The number of tetrazole rings is 1. The number of imidazole rings is 2. The number of nitrogens with one attached hydrogen (secondary N) is 1. The van der Waals surface area contributed by atoms with Crippen molar-refractivity contribution in [3.8, 4) is 22.8 Å². The van der Waals surface area contributed by atoms with Crippen LogP contribution < -0.4 is 4.74 Å². The van der Waals surface area contributed by atoms with Crippen molar-refractivity contribution in [3.05, 3.63) is 94.8 Å². The van der Waals surface area contributed by atoms with Crippen LogP contribution in [-0.2, 0) is 17.5 Å². The molecule has 5 aromatic rings. The second-order valence-electron chi connectivity index (χ2n) is 11.0. The van der Waals surface area contributed by atoms with Gasteiger partial charge in [0.05, 0.1) is 35.8 Å². The maximum absolute atomic E-state index is 15.4. The SMILES string of the molecule is COc1ccc(Cn2cc(-c3cnc([C@@H]4CC[C@@H]5CC(c6c(-n7cnnn7)ccc(Cl)c6F)=CC(=O)N54)[nH]3)nc2C(F)(F)F)cc1. The van der Waals surface area contributed by atoms with Crippen LogP contribution >= 0.6 is 11.6 Å². The third kappa shape index (κ3) is 5.29. The number of fused-ring (bicyclic) bond motifs is 1. The molecule has 16 heteroatoms. The van der Waals surface area contributed by atoms with Crippen molar-refractivity contribution >= 4 is 23.1 Å². The minimum atomic E-state index is -4.69. The van der Waals surface area contributed by atoms with Crippen LogP contribution in [0.15, 0.2) is 61.2 Å². The molecule has 5 heterocycles. The average Bonchev–Trinajstić information content (AvgIpc) is 3.85.